The molecule has 4 nitrogen and oxygen atoms in total. The van der Waals surface area contributed by atoms with Gasteiger partial charge in [0.2, 0.25) is 0 Å². The Morgan fingerprint density at radius 1 is 1.62 bits per heavy atom. The first-order valence-corrected chi connectivity index (χ1v) is 4.49. The zero-order valence-corrected chi connectivity index (χ0v) is 8.03. The van der Waals surface area contributed by atoms with E-state index < -0.39 is 0 Å². The zero-order chi connectivity index (χ0) is 9.26. The summed E-state index contributed by atoms with van der Waals surface area (Å²) in [6.07, 6.45) is 1.72. The van der Waals surface area contributed by atoms with Crippen LogP contribution in [0.3, 0.4) is 0 Å². The topological polar surface area (TPSA) is 43.9 Å². The van der Waals surface area contributed by atoms with Crippen molar-refractivity contribution in [3.05, 3.63) is 24.0 Å². The molecule has 0 unspecified atom stereocenters. The molecular formula is C8H9N3OS. The Labute approximate surface area is 80.9 Å². The molecule has 0 aliphatic heterocycles. The zero-order valence-electron chi connectivity index (χ0n) is 7.14. The lowest BCUT2D eigenvalue weighted by atomic mass is 10.3. The predicted octanol–water partition coefficient (Wildman–Crippen LogP) is 1.50. The predicted molar refractivity (Wildman–Crippen MR) is 51.4 cm³/mol. The van der Waals surface area contributed by atoms with Crippen LogP contribution in [0.25, 0.3) is 11.5 Å². The van der Waals surface area contributed by atoms with Gasteiger partial charge in [-0.15, -0.1) is 0 Å². The number of aryl methyl sites for hydroxylation is 1. The smallest absolute Gasteiger partial charge is 0.185 e. The van der Waals surface area contributed by atoms with Gasteiger partial charge in [-0.05, 0) is 6.07 Å². The van der Waals surface area contributed by atoms with E-state index in [0.717, 1.165) is 17.1 Å². The van der Waals surface area contributed by atoms with Crippen LogP contribution in [0.5, 0.6) is 0 Å². The molecule has 0 bridgehead atoms. The molecule has 5 heteroatoms. The van der Waals surface area contributed by atoms with Crippen molar-refractivity contribution >= 4 is 12.6 Å². The number of thiol groups is 1. The Kier molecular flexibility index (Phi) is 2.10. The quantitative estimate of drug-likeness (QED) is 0.738. The molecule has 2 heterocycles. The minimum absolute atomic E-state index is 0.585. The minimum atomic E-state index is 0.585. The Balaban J connectivity index is 2.41. The lowest BCUT2D eigenvalue weighted by Gasteiger charge is -1.93. The van der Waals surface area contributed by atoms with Gasteiger partial charge in [0.25, 0.3) is 0 Å². The summed E-state index contributed by atoms with van der Waals surface area (Å²) in [6, 6.07) is 3.74. The molecule has 0 aromatic carbocycles. The summed E-state index contributed by atoms with van der Waals surface area (Å²) in [5, 5.41) is 7.88. The van der Waals surface area contributed by atoms with E-state index in [1.165, 1.54) is 0 Å². The number of hydrogen-bond donors (Lipinski definition) is 1. The summed E-state index contributed by atoms with van der Waals surface area (Å²) in [5.41, 5.74) is 1.75. The van der Waals surface area contributed by atoms with Gasteiger partial charge in [-0.3, -0.25) is 4.68 Å². The average molecular weight is 195 g/mol. The highest BCUT2D eigenvalue weighted by molar-refractivity contribution is 7.79. The van der Waals surface area contributed by atoms with Crippen LogP contribution in [-0.2, 0) is 12.8 Å². The SMILES string of the molecule is Cn1nccc1-c1cc(CS)no1. The molecule has 0 fully saturated rings. The molecule has 68 valence electrons. The lowest BCUT2D eigenvalue weighted by Crippen LogP contribution is -1.91. The second-order valence-electron chi connectivity index (χ2n) is 2.68. The Morgan fingerprint density at radius 2 is 2.46 bits per heavy atom. The van der Waals surface area contributed by atoms with E-state index >= 15 is 0 Å². The van der Waals surface area contributed by atoms with Crippen LogP contribution in [0.15, 0.2) is 22.9 Å². The monoisotopic (exact) mass is 195 g/mol. The van der Waals surface area contributed by atoms with Crippen LogP contribution in [0, 0.1) is 0 Å². The van der Waals surface area contributed by atoms with Crippen LogP contribution < -0.4 is 0 Å². The third kappa shape index (κ3) is 1.47. The second-order valence-corrected chi connectivity index (χ2v) is 3.00. The van der Waals surface area contributed by atoms with Crippen molar-refractivity contribution < 1.29 is 4.52 Å². The fourth-order valence-corrected chi connectivity index (χ4v) is 1.27. The van der Waals surface area contributed by atoms with E-state index in [4.69, 9.17) is 4.52 Å². The first-order valence-electron chi connectivity index (χ1n) is 3.86. The molecule has 2 rings (SSSR count). The highest BCUT2D eigenvalue weighted by Crippen LogP contribution is 2.19. The van der Waals surface area contributed by atoms with Crippen molar-refractivity contribution in [1.29, 1.82) is 0 Å². The molecule has 2 aromatic rings. The second kappa shape index (κ2) is 3.26. The molecule has 0 saturated heterocycles. The van der Waals surface area contributed by atoms with Gasteiger partial charge in [0.15, 0.2) is 5.76 Å². The Hall–Kier alpha value is -1.23. The molecule has 0 spiro atoms. The lowest BCUT2D eigenvalue weighted by molar-refractivity contribution is 0.423. The maximum atomic E-state index is 5.12. The fourth-order valence-electron chi connectivity index (χ4n) is 1.12. The van der Waals surface area contributed by atoms with Gasteiger partial charge < -0.3 is 4.52 Å². The van der Waals surface area contributed by atoms with Crippen LogP contribution in [0.1, 0.15) is 5.69 Å². The molecule has 0 saturated carbocycles. The third-order valence-corrected chi connectivity index (χ3v) is 2.12. The Bertz CT molecular complexity index is 407. The summed E-state index contributed by atoms with van der Waals surface area (Å²) in [6.45, 7) is 0. The van der Waals surface area contributed by atoms with Gasteiger partial charge in [-0.2, -0.15) is 17.7 Å². The van der Waals surface area contributed by atoms with Gasteiger partial charge in [-0.1, -0.05) is 5.16 Å². The van der Waals surface area contributed by atoms with Crippen LogP contribution in [0.4, 0.5) is 0 Å². The van der Waals surface area contributed by atoms with E-state index in [0.29, 0.717) is 5.75 Å². The van der Waals surface area contributed by atoms with E-state index in [1.54, 1.807) is 10.9 Å². The normalized spacial score (nSPS) is 10.6. The maximum Gasteiger partial charge on any atom is 0.185 e. The number of hydrogen-bond acceptors (Lipinski definition) is 4. The van der Waals surface area contributed by atoms with Crippen molar-refractivity contribution in [2.24, 2.45) is 7.05 Å². The summed E-state index contributed by atoms with van der Waals surface area (Å²) in [4.78, 5) is 0. The summed E-state index contributed by atoms with van der Waals surface area (Å²) < 4.78 is 6.86. The molecule has 0 atom stereocenters. The van der Waals surface area contributed by atoms with Gasteiger partial charge in [0, 0.05) is 25.1 Å². The first-order chi connectivity index (χ1) is 6.31. The number of nitrogens with zero attached hydrogens (tertiary/aromatic N) is 3. The molecule has 0 aliphatic rings. The summed E-state index contributed by atoms with van der Waals surface area (Å²) in [7, 11) is 1.86. The van der Waals surface area contributed by atoms with Gasteiger partial charge in [-0.25, -0.2) is 0 Å². The highest BCUT2D eigenvalue weighted by Gasteiger charge is 2.08. The molecule has 0 radical (unpaired) electrons. The van der Waals surface area contributed by atoms with E-state index in [-0.39, 0.29) is 0 Å². The fraction of sp³-hybridized carbons (Fsp3) is 0.250. The largest absolute Gasteiger partial charge is 0.354 e. The first kappa shape index (κ1) is 8.37. The van der Waals surface area contributed by atoms with E-state index in [2.05, 4.69) is 22.9 Å². The van der Waals surface area contributed by atoms with E-state index in [9.17, 15) is 0 Å². The molecule has 0 N–H and O–H groups in total. The van der Waals surface area contributed by atoms with Crippen molar-refractivity contribution in [1.82, 2.24) is 14.9 Å². The number of rotatable bonds is 2. The summed E-state index contributed by atoms with van der Waals surface area (Å²) >= 11 is 4.10. The van der Waals surface area contributed by atoms with Crippen molar-refractivity contribution in [2.75, 3.05) is 0 Å². The molecule has 2 aromatic heterocycles. The van der Waals surface area contributed by atoms with E-state index in [1.807, 2.05) is 19.2 Å². The standard InChI is InChI=1S/C8H9N3OS/c1-11-7(2-3-9-11)8-4-6(5-13)10-12-8/h2-4,13H,5H2,1H3. The molecular weight excluding hydrogens is 186 g/mol. The average Bonchev–Trinajstić information content (AvgIpc) is 2.71. The van der Waals surface area contributed by atoms with Crippen molar-refractivity contribution in [2.45, 2.75) is 5.75 Å². The van der Waals surface area contributed by atoms with Gasteiger partial charge >= 0.3 is 0 Å². The summed E-state index contributed by atoms with van der Waals surface area (Å²) in [5.74, 6) is 1.31. The number of aromatic nitrogens is 3. The minimum Gasteiger partial charge on any atom is -0.354 e. The molecule has 0 amide bonds. The Morgan fingerprint density at radius 3 is 3.00 bits per heavy atom. The van der Waals surface area contributed by atoms with Crippen molar-refractivity contribution in [3.63, 3.8) is 0 Å². The van der Waals surface area contributed by atoms with Crippen molar-refractivity contribution in [3.8, 4) is 11.5 Å². The van der Waals surface area contributed by atoms with Crippen LogP contribution >= 0.6 is 12.6 Å². The third-order valence-electron chi connectivity index (χ3n) is 1.79. The molecule has 0 aliphatic carbocycles. The van der Waals surface area contributed by atoms with Gasteiger partial charge in [0.1, 0.15) is 5.69 Å². The van der Waals surface area contributed by atoms with Crippen LogP contribution in [-0.4, -0.2) is 14.9 Å². The molecule has 13 heavy (non-hydrogen) atoms. The van der Waals surface area contributed by atoms with Crippen LogP contribution in [0.2, 0.25) is 0 Å². The maximum absolute atomic E-state index is 5.12. The van der Waals surface area contributed by atoms with Gasteiger partial charge in [0.05, 0.1) is 5.69 Å². The highest BCUT2D eigenvalue weighted by atomic mass is 32.1.